The van der Waals surface area contributed by atoms with Crippen LogP contribution < -0.4 is 20.7 Å². The number of hydrogen-bond acceptors (Lipinski definition) is 9. The Bertz CT molecular complexity index is 930. The zero-order valence-electron chi connectivity index (χ0n) is 19.2. The highest BCUT2D eigenvalue weighted by molar-refractivity contribution is 5.94. The lowest BCUT2D eigenvalue weighted by molar-refractivity contribution is -0.154. The summed E-state index contributed by atoms with van der Waals surface area (Å²) in [4.78, 5) is 24.4. The van der Waals surface area contributed by atoms with Crippen molar-refractivity contribution >= 4 is 23.4 Å². The first kappa shape index (κ1) is 26.4. The molecule has 3 N–H and O–H groups in total. The van der Waals surface area contributed by atoms with Gasteiger partial charge < -0.3 is 30.2 Å². The first-order chi connectivity index (χ1) is 16.9. The molecule has 4 rings (SSSR count). The number of pyridine rings is 1. The van der Waals surface area contributed by atoms with Crippen LogP contribution in [-0.4, -0.2) is 73.2 Å². The summed E-state index contributed by atoms with van der Waals surface area (Å²) >= 11 is 0. The lowest BCUT2D eigenvalue weighted by Gasteiger charge is -2.13. The normalized spacial score (nSPS) is 17.1. The van der Waals surface area contributed by atoms with Crippen LogP contribution in [0.5, 0.6) is 6.01 Å². The van der Waals surface area contributed by atoms with E-state index in [9.17, 15) is 18.0 Å². The topological polar surface area (TPSA) is 120 Å². The summed E-state index contributed by atoms with van der Waals surface area (Å²) in [5.74, 6) is 0.536. The molecule has 0 unspecified atom stereocenters. The molecule has 1 amide bonds. The molecule has 4 heterocycles. The smallest absolute Gasteiger partial charge is 0.422 e. The molecule has 192 valence electrons. The molecule has 2 aromatic heterocycles. The fourth-order valence-corrected chi connectivity index (χ4v) is 3.01. The third-order valence-corrected chi connectivity index (χ3v) is 4.70. The fraction of sp³-hybridized carbons (Fsp3) is 0.545. The minimum absolute atomic E-state index is 0.180. The van der Waals surface area contributed by atoms with Crippen LogP contribution in [0.4, 0.5) is 30.6 Å². The number of ether oxygens (including phenoxy) is 3. The largest absolute Gasteiger partial charge is 0.454 e. The van der Waals surface area contributed by atoms with Gasteiger partial charge in [-0.2, -0.15) is 23.1 Å². The SMILES string of the molecule is O=C1NCCCOCCCCOCCCNc2cc(nc(OCC(F)(F)F)n2)Nc2ccc1cn2. The van der Waals surface area contributed by atoms with Gasteiger partial charge in [-0.15, -0.1) is 0 Å². The second-order valence-corrected chi connectivity index (χ2v) is 7.70. The van der Waals surface area contributed by atoms with E-state index in [1.54, 1.807) is 12.1 Å². The van der Waals surface area contributed by atoms with E-state index in [0.29, 0.717) is 63.7 Å². The second-order valence-electron chi connectivity index (χ2n) is 7.70. The van der Waals surface area contributed by atoms with Gasteiger partial charge in [-0.05, 0) is 37.8 Å². The van der Waals surface area contributed by atoms with Gasteiger partial charge in [0.1, 0.15) is 17.5 Å². The van der Waals surface area contributed by atoms with Crippen molar-refractivity contribution in [2.24, 2.45) is 0 Å². The number of anilines is 3. The average Bonchev–Trinajstić information content (AvgIpc) is 2.82. The van der Waals surface area contributed by atoms with Gasteiger partial charge >= 0.3 is 12.2 Å². The molecular weight excluding hydrogens is 469 g/mol. The molecule has 35 heavy (non-hydrogen) atoms. The van der Waals surface area contributed by atoms with Crippen molar-refractivity contribution < 1.29 is 32.2 Å². The van der Waals surface area contributed by atoms with E-state index in [0.717, 1.165) is 12.8 Å². The van der Waals surface area contributed by atoms with E-state index in [-0.39, 0.29) is 17.5 Å². The van der Waals surface area contributed by atoms with E-state index in [1.807, 2.05) is 0 Å². The van der Waals surface area contributed by atoms with Crippen LogP contribution in [0.2, 0.25) is 0 Å². The van der Waals surface area contributed by atoms with Gasteiger partial charge in [-0.25, -0.2) is 4.98 Å². The van der Waals surface area contributed by atoms with Gasteiger partial charge in [0.05, 0.1) is 5.56 Å². The molecule has 0 spiro atoms. The minimum Gasteiger partial charge on any atom is -0.454 e. The van der Waals surface area contributed by atoms with Crippen molar-refractivity contribution in [2.75, 3.05) is 56.8 Å². The molecule has 2 aliphatic heterocycles. The predicted molar refractivity (Wildman–Crippen MR) is 122 cm³/mol. The number of hydrogen-bond donors (Lipinski definition) is 3. The lowest BCUT2D eigenvalue weighted by atomic mass is 10.2. The van der Waals surface area contributed by atoms with Crippen LogP contribution >= 0.6 is 0 Å². The van der Waals surface area contributed by atoms with Crippen molar-refractivity contribution in [3.63, 3.8) is 0 Å². The fourth-order valence-electron chi connectivity index (χ4n) is 3.01. The van der Waals surface area contributed by atoms with Gasteiger partial charge in [-0.3, -0.25) is 4.79 Å². The molecule has 2 aliphatic rings. The van der Waals surface area contributed by atoms with Crippen LogP contribution in [0, 0.1) is 0 Å². The monoisotopic (exact) mass is 498 g/mol. The molecule has 0 aliphatic carbocycles. The summed E-state index contributed by atoms with van der Waals surface area (Å²) < 4.78 is 53.7. The van der Waals surface area contributed by atoms with E-state index in [1.165, 1.54) is 12.3 Å². The minimum atomic E-state index is -4.53. The number of nitrogens with one attached hydrogen (secondary N) is 3. The molecule has 0 atom stereocenters. The number of alkyl halides is 3. The Morgan fingerprint density at radius 3 is 2.20 bits per heavy atom. The summed E-state index contributed by atoms with van der Waals surface area (Å²) in [6.07, 6.45) is -0.0244. The zero-order valence-corrected chi connectivity index (χ0v) is 19.2. The van der Waals surface area contributed by atoms with Gasteiger partial charge in [-0.1, -0.05) is 0 Å². The van der Waals surface area contributed by atoms with Crippen molar-refractivity contribution in [3.05, 3.63) is 30.0 Å². The van der Waals surface area contributed by atoms with Crippen LogP contribution in [0.3, 0.4) is 0 Å². The Hall–Kier alpha value is -3.19. The Morgan fingerprint density at radius 1 is 0.886 bits per heavy atom. The number of amides is 1. The maximum Gasteiger partial charge on any atom is 0.422 e. The Balaban J connectivity index is 1.71. The average molecular weight is 499 g/mol. The van der Waals surface area contributed by atoms with Crippen molar-refractivity contribution in [1.82, 2.24) is 20.3 Å². The van der Waals surface area contributed by atoms with Gasteiger partial charge in [0.2, 0.25) is 0 Å². The first-order valence-corrected chi connectivity index (χ1v) is 11.4. The Labute approximate surface area is 201 Å². The van der Waals surface area contributed by atoms with Crippen LogP contribution in [0.1, 0.15) is 36.0 Å². The molecule has 0 radical (unpaired) electrons. The summed E-state index contributed by atoms with van der Waals surface area (Å²) in [7, 11) is 0. The molecule has 0 saturated carbocycles. The summed E-state index contributed by atoms with van der Waals surface area (Å²) in [6, 6.07) is 4.24. The molecule has 0 saturated heterocycles. The molecule has 2 aromatic rings. The zero-order chi connectivity index (χ0) is 24.9. The van der Waals surface area contributed by atoms with Gasteiger partial charge in [0, 0.05) is 51.8 Å². The lowest BCUT2D eigenvalue weighted by Crippen LogP contribution is -2.25. The number of fused-ring (bicyclic) bond motifs is 16. The highest BCUT2D eigenvalue weighted by atomic mass is 19.4. The predicted octanol–water partition coefficient (Wildman–Crippen LogP) is 3.31. The molecule has 10 nitrogen and oxygen atoms in total. The number of aromatic nitrogens is 3. The number of carbonyl (C=O) groups is 1. The molecule has 4 bridgehead atoms. The van der Waals surface area contributed by atoms with Crippen LogP contribution in [0.25, 0.3) is 0 Å². The van der Waals surface area contributed by atoms with Crippen molar-refractivity contribution in [3.8, 4) is 6.01 Å². The van der Waals surface area contributed by atoms with Crippen molar-refractivity contribution in [1.29, 1.82) is 0 Å². The maximum atomic E-state index is 12.6. The Kier molecular flexibility index (Phi) is 10.3. The summed E-state index contributed by atoms with van der Waals surface area (Å²) in [6.45, 7) is 1.77. The highest BCUT2D eigenvalue weighted by Crippen LogP contribution is 2.21. The quantitative estimate of drug-likeness (QED) is 0.573. The summed E-state index contributed by atoms with van der Waals surface area (Å²) in [5, 5.41) is 8.74. The molecule has 0 aromatic carbocycles. The van der Waals surface area contributed by atoms with Gasteiger partial charge in [0.25, 0.3) is 5.91 Å². The van der Waals surface area contributed by atoms with E-state index in [4.69, 9.17) is 14.2 Å². The number of nitrogens with zero attached hydrogens (tertiary/aromatic N) is 3. The van der Waals surface area contributed by atoms with Crippen LogP contribution in [0.15, 0.2) is 24.4 Å². The third-order valence-electron chi connectivity index (χ3n) is 4.70. The third kappa shape index (κ3) is 10.3. The van der Waals surface area contributed by atoms with E-state index in [2.05, 4.69) is 30.9 Å². The van der Waals surface area contributed by atoms with Crippen molar-refractivity contribution in [2.45, 2.75) is 31.9 Å². The number of rotatable bonds is 2. The first-order valence-electron chi connectivity index (χ1n) is 11.4. The number of halogens is 3. The van der Waals surface area contributed by atoms with E-state index >= 15 is 0 Å². The summed E-state index contributed by atoms with van der Waals surface area (Å²) in [5.41, 5.74) is 0.370. The molecular formula is C22H29F3N6O4. The highest BCUT2D eigenvalue weighted by Gasteiger charge is 2.29. The van der Waals surface area contributed by atoms with E-state index < -0.39 is 18.8 Å². The standard InChI is InChI=1S/C22H29F3N6O4/c23-22(24,25)15-35-21-30-18-13-19(31-21)29-17-6-5-16(14-28-17)20(32)27-8-4-12-34-10-2-1-9-33-11-3-7-26-18/h5-6,13-14H,1-4,7-12,15H2,(H,27,32)(H2,26,28,29,30,31). The number of carbonyl (C=O) groups excluding carboxylic acids is 1. The van der Waals surface area contributed by atoms with Crippen LogP contribution in [-0.2, 0) is 9.47 Å². The Morgan fingerprint density at radius 2 is 1.54 bits per heavy atom. The van der Waals surface area contributed by atoms with Gasteiger partial charge in [0.15, 0.2) is 6.61 Å². The maximum absolute atomic E-state index is 12.6. The molecule has 0 fully saturated rings. The second kappa shape index (κ2) is 13.6. The molecule has 13 heteroatoms.